The van der Waals surface area contributed by atoms with Crippen LogP contribution < -0.4 is 20.9 Å². The minimum atomic E-state index is -0.172. The quantitative estimate of drug-likeness (QED) is 0.416. The molecule has 0 saturated carbocycles. The van der Waals surface area contributed by atoms with Gasteiger partial charge in [-0.3, -0.25) is 15.6 Å². The maximum Gasteiger partial charge on any atom is 0.238 e. The van der Waals surface area contributed by atoms with Gasteiger partial charge in [-0.1, -0.05) is 23.2 Å². The number of benzene rings is 1. The molecule has 0 aliphatic heterocycles. The fourth-order valence-electron chi connectivity index (χ4n) is 1.57. The molecule has 0 bridgehead atoms. The Morgan fingerprint density at radius 2 is 1.96 bits per heavy atom. The highest BCUT2D eigenvalue weighted by Gasteiger charge is 2.11. The van der Waals surface area contributed by atoms with Crippen LogP contribution in [0.15, 0.2) is 18.2 Å². The van der Waals surface area contributed by atoms with E-state index in [0.29, 0.717) is 40.4 Å². The largest absolute Gasteiger partial charge is 0.492 e. The molecule has 128 valence electrons. The van der Waals surface area contributed by atoms with Gasteiger partial charge in [-0.2, -0.15) is 0 Å². The van der Waals surface area contributed by atoms with Crippen molar-refractivity contribution in [3.05, 3.63) is 28.2 Å². The second kappa shape index (κ2) is 9.15. The Bertz CT molecular complexity index is 562. The third-order valence-corrected chi connectivity index (χ3v) is 3.24. The standard InChI is InChI=1S/C15H21Cl2N3O2S/c1-15(2,3)18-14(23)20-19-13(21)5-4-8-22-12-7-6-10(16)9-11(12)17/h6-7,9H,4-5,8H2,1-3H3,(H,19,21)(H2,18,20,23). The van der Waals surface area contributed by atoms with Gasteiger partial charge in [-0.15, -0.1) is 0 Å². The van der Waals surface area contributed by atoms with Gasteiger partial charge in [0.2, 0.25) is 5.91 Å². The molecule has 0 spiro atoms. The summed E-state index contributed by atoms with van der Waals surface area (Å²) in [6.07, 6.45) is 0.849. The molecule has 3 N–H and O–H groups in total. The van der Waals surface area contributed by atoms with Crippen LogP contribution in [0.4, 0.5) is 0 Å². The molecule has 0 atom stereocenters. The lowest BCUT2D eigenvalue weighted by Gasteiger charge is -2.23. The van der Waals surface area contributed by atoms with Crippen LogP contribution in [0.3, 0.4) is 0 Å². The number of halogens is 2. The third-order valence-electron chi connectivity index (χ3n) is 2.50. The molecule has 0 aliphatic rings. The summed E-state index contributed by atoms with van der Waals surface area (Å²) in [6, 6.07) is 5.00. The monoisotopic (exact) mass is 377 g/mol. The Kier molecular flexibility index (Phi) is 7.88. The number of hydrogen-bond donors (Lipinski definition) is 3. The van der Waals surface area contributed by atoms with E-state index in [1.807, 2.05) is 20.8 Å². The average molecular weight is 378 g/mol. The first kappa shape index (κ1) is 19.8. The lowest BCUT2D eigenvalue weighted by molar-refractivity contribution is -0.121. The summed E-state index contributed by atoms with van der Waals surface area (Å²) in [4.78, 5) is 11.7. The molecule has 5 nitrogen and oxygen atoms in total. The average Bonchev–Trinajstić information content (AvgIpc) is 2.41. The molecule has 0 radical (unpaired) electrons. The number of ether oxygens (including phenoxy) is 1. The first-order valence-corrected chi connectivity index (χ1v) is 8.28. The van der Waals surface area contributed by atoms with Gasteiger partial charge in [0.25, 0.3) is 0 Å². The zero-order chi connectivity index (χ0) is 17.5. The molecule has 0 fully saturated rings. The fraction of sp³-hybridized carbons (Fsp3) is 0.467. The second-order valence-corrected chi connectivity index (χ2v) is 7.16. The first-order valence-electron chi connectivity index (χ1n) is 7.12. The predicted octanol–water partition coefficient (Wildman–Crippen LogP) is 3.45. The Labute approximate surface area is 152 Å². The van der Waals surface area contributed by atoms with Crippen molar-refractivity contribution < 1.29 is 9.53 Å². The Morgan fingerprint density at radius 1 is 1.26 bits per heavy atom. The topological polar surface area (TPSA) is 62.4 Å². The number of hydrogen-bond acceptors (Lipinski definition) is 3. The van der Waals surface area contributed by atoms with E-state index in [2.05, 4.69) is 16.2 Å². The molecule has 0 aromatic heterocycles. The van der Waals surface area contributed by atoms with Crippen LogP contribution in [0.25, 0.3) is 0 Å². The molecule has 1 amide bonds. The molecule has 0 saturated heterocycles. The number of carbonyl (C=O) groups excluding carboxylic acids is 1. The van der Waals surface area contributed by atoms with Crippen LogP contribution in [0.1, 0.15) is 33.6 Å². The van der Waals surface area contributed by atoms with Crippen molar-refractivity contribution in [3.8, 4) is 5.75 Å². The molecular formula is C15H21Cl2N3O2S. The fourth-order valence-corrected chi connectivity index (χ4v) is 2.39. The number of thiocarbonyl (C=S) groups is 1. The van der Waals surface area contributed by atoms with Crippen molar-refractivity contribution >= 4 is 46.4 Å². The SMILES string of the molecule is CC(C)(C)NC(=S)NNC(=O)CCCOc1ccc(Cl)cc1Cl. The zero-order valence-electron chi connectivity index (χ0n) is 13.3. The minimum Gasteiger partial charge on any atom is -0.492 e. The molecule has 0 unspecified atom stereocenters. The van der Waals surface area contributed by atoms with E-state index in [1.165, 1.54) is 0 Å². The molecule has 8 heteroatoms. The maximum absolute atomic E-state index is 11.7. The van der Waals surface area contributed by atoms with Gasteiger partial charge in [-0.05, 0) is 57.6 Å². The highest BCUT2D eigenvalue weighted by atomic mass is 35.5. The number of amides is 1. The summed E-state index contributed by atoms with van der Waals surface area (Å²) in [6.45, 7) is 6.30. The van der Waals surface area contributed by atoms with Gasteiger partial charge >= 0.3 is 0 Å². The van der Waals surface area contributed by atoms with Crippen molar-refractivity contribution in [2.24, 2.45) is 0 Å². The number of nitrogens with one attached hydrogen (secondary N) is 3. The van der Waals surface area contributed by atoms with Gasteiger partial charge < -0.3 is 10.1 Å². The number of hydrazine groups is 1. The van der Waals surface area contributed by atoms with Crippen molar-refractivity contribution in [1.29, 1.82) is 0 Å². The Morgan fingerprint density at radius 3 is 2.57 bits per heavy atom. The Balaban J connectivity index is 2.20. The van der Waals surface area contributed by atoms with Crippen LogP contribution in [-0.2, 0) is 4.79 Å². The summed E-state index contributed by atoms with van der Waals surface area (Å²) in [5.41, 5.74) is 5.02. The second-order valence-electron chi connectivity index (χ2n) is 5.90. The molecule has 1 aromatic carbocycles. The van der Waals surface area contributed by atoms with Crippen LogP contribution >= 0.6 is 35.4 Å². The van der Waals surface area contributed by atoms with Gasteiger partial charge in [0, 0.05) is 17.0 Å². The number of carbonyl (C=O) groups is 1. The summed E-state index contributed by atoms with van der Waals surface area (Å²) in [5.74, 6) is 0.374. The molecule has 0 heterocycles. The van der Waals surface area contributed by atoms with E-state index in [1.54, 1.807) is 18.2 Å². The van der Waals surface area contributed by atoms with Crippen LogP contribution in [0, 0.1) is 0 Å². The van der Waals surface area contributed by atoms with Crippen molar-refractivity contribution in [2.75, 3.05) is 6.61 Å². The highest BCUT2D eigenvalue weighted by Crippen LogP contribution is 2.27. The molecule has 23 heavy (non-hydrogen) atoms. The number of rotatable bonds is 5. The molecule has 1 aromatic rings. The maximum atomic E-state index is 11.7. The van der Waals surface area contributed by atoms with Gasteiger partial charge in [0.05, 0.1) is 11.6 Å². The van der Waals surface area contributed by atoms with Gasteiger partial charge in [0.15, 0.2) is 5.11 Å². The van der Waals surface area contributed by atoms with Crippen LogP contribution in [0.2, 0.25) is 10.0 Å². The summed E-state index contributed by atoms with van der Waals surface area (Å²) in [7, 11) is 0. The van der Waals surface area contributed by atoms with E-state index in [4.69, 9.17) is 40.2 Å². The van der Waals surface area contributed by atoms with E-state index in [-0.39, 0.29) is 11.4 Å². The summed E-state index contributed by atoms with van der Waals surface area (Å²) in [5, 5.41) is 4.40. The lowest BCUT2D eigenvalue weighted by atomic mass is 10.1. The van der Waals surface area contributed by atoms with Gasteiger partial charge in [-0.25, -0.2) is 0 Å². The van der Waals surface area contributed by atoms with Crippen molar-refractivity contribution in [3.63, 3.8) is 0 Å². The Hall–Kier alpha value is -1.24. The third kappa shape index (κ3) is 8.83. The molecule has 1 rings (SSSR count). The summed E-state index contributed by atoms with van der Waals surface area (Å²) >= 11 is 16.9. The van der Waals surface area contributed by atoms with Crippen LogP contribution in [0.5, 0.6) is 5.75 Å². The molecule has 0 aliphatic carbocycles. The first-order chi connectivity index (χ1) is 10.7. The smallest absolute Gasteiger partial charge is 0.238 e. The van der Waals surface area contributed by atoms with Gasteiger partial charge in [0.1, 0.15) is 5.75 Å². The predicted molar refractivity (Wildman–Crippen MR) is 98.0 cm³/mol. The van der Waals surface area contributed by atoms with Crippen molar-refractivity contribution in [1.82, 2.24) is 16.2 Å². The summed E-state index contributed by atoms with van der Waals surface area (Å²) < 4.78 is 5.50. The normalized spacial score (nSPS) is 10.8. The van der Waals surface area contributed by atoms with Crippen molar-refractivity contribution in [2.45, 2.75) is 39.2 Å². The zero-order valence-corrected chi connectivity index (χ0v) is 15.7. The van der Waals surface area contributed by atoms with E-state index in [9.17, 15) is 4.79 Å². The molecular weight excluding hydrogens is 357 g/mol. The minimum absolute atomic E-state index is 0.166. The van der Waals surface area contributed by atoms with E-state index in [0.717, 1.165) is 0 Å². The lowest BCUT2D eigenvalue weighted by Crippen LogP contribution is -2.52. The van der Waals surface area contributed by atoms with E-state index >= 15 is 0 Å². The van der Waals surface area contributed by atoms with E-state index < -0.39 is 0 Å². The van der Waals surface area contributed by atoms with Crippen LogP contribution in [-0.4, -0.2) is 23.2 Å². The highest BCUT2D eigenvalue weighted by molar-refractivity contribution is 7.80.